The molecular weight excluding hydrogens is 414 g/mol. The van der Waals surface area contributed by atoms with Crippen LogP contribution in [0, 0.1) is 12.8 Å². The molecule has 5 nitrogen and oxygen atoms in total. The maximum absolute atomic E-state index is 13.4. The van der Waals surface area contributed by atoms with Gasteiger partial charge in [0.15, 0.2) is 10.1 Å². The number of Topliss-reactive ketones (excluding diaryl/α,β-unsaturated/α-hetero) is 1. The number of aryl methyl sites for hydroxylation is 3. The van der Waals surface area contributed by atoms with Crippen LogP contribution in [0.15, 0.2) is 34.7 Å². The zero-order valence-electron chi connectivity index (χ0n) is 16.9. The summed E-state index contributed by atoms with van der Waals surface area (Å²) in [6, 6.07) is 10.4. The minimum Gasteiger partial charge on any atom is -0.341 e. The van der Waals surface area contributed by atoms with E-state index in [1.54, 1.807) is 0 Å². The quantitative estimate of drug-likeness (QED) is 0.440. The van der Waals surface area contributed by atoms with E-state index < -0.39 is 0 Å². The third kappa shape index (κ3) is 3.65. The minimum absolute atomic E-state index is 0.0748. The molecule has 5 rings (SSSR count). The van der Waals surface area contributed by atoms with E-state index in [0.717, 1.165) is 52.5 Å². The molecule has 1 fully saturated rings. The van der Waals surface area contributed by atoms with Gasteiger partial charge < -0.3 is 4.90 Å². The first-order chi connectivity index (χ1) is 14.6. The van der Waals surface area contributed by atoms with Crippen LogP contribution in [-0.2, 0) is 17.6 Å². The topological polar surface area (TPSA) is 63.2 Å². The highest BCUT2D eigenvalue weighted by molar-refractivity contribution is 8.01. The number of carbonyl (C=O) groups excluding carboxylic acids is 2. The summed E-state index contributed by atoms with van der Waals surface area (Å²) in [6.45, 7) is 3.14. The second kappa shape index (κ2) is 8.12. The summed E-state index contributed by atoms with van der Waals surface area (Å²) in [5.74, 6) is 0.465. The number of amides is 1. The van der Waals surface area contributed by atoms with Crippen LogP contribution in [0.2, 0.25) is 0 Å². The lowest BCUT2D eigenvalue weighted by Crippen LogP contribution is -2.43. The van der Waals surface area contributed by atoms with E-state index in [0.29, 0.717) is 12.3 Å². The predicted molar refractivity (Wildman–Crippen MR) is 120 cm³/mol. The number of benzene rings is 2. The van der Waals surface area contributed by atoms with Crippen LogP contribution >= 0.6 is 23.1 Å². The van der Waals surface area contributed by atoms with Gasteiger partial charge in [0.25, 0.3) is 0 Å². The van der Waals surface area contributed by atoms with Gasteiger partial charge in [0.05, 0.1) is 5.75 Å². The van der Waals surface area contributed by atoms with Crippen LogP contribution in [0.5, 0.6) is 0 Å². The Bertz CT molecular complexity index is 1130. The first-order valence-corrected chi connectivity index (χ1v) is 12.2. The highest BCUT2D eigenvalue weighted by Crippen LogP contribution is 2.34. The smallest absolute Gasteiger partial charge is 0.233 e. The fraction of sp³-hybridized carbons (Fsp3) is 0.391. The molecule has 30 heavy (non-hydrogen) atoms. The van der Waals surface area contributed by atoms with Crippen molar-refractivity contribution in [2.75, 3.05) is 18.8 Å². The van der Waals surface area contributed by atoms with Crippen molar-refractivity contribution in [1.29, 1.82) is 0 Å². The molecule has 0 spiro atoms. The molecular formula is C23H23N3O2S2. The molecule has 3 aromatic rings. The Morgan fingerprint density at radius 2 is 2.00 bits per heavy atom. The van der Waals surface area contributed by atoms with Gasteiger partial charge >= 0.3 is 0 Å². The fourth-order valence-corrected chi connectivity index (χ4v) is 6.37. The van der Waals surface area contributed by atoms with Crippen LogP contribution in [-0.4, -0.2) is 45.6 Å². The summed E-state index contributed by atoms with van der Waals surface area (Å²) in [5, 5.41) is 11.3. The predicted octanol–water partition coefficient (Wildman–Crippen LogP) is 4.31. The van der Waals surface area contributed by atoms with Crippen LogP contribution < -0.4 is 0 Å². The van der Waals surface area contributed by atoms with E-state index in [4.69, 9.17) is 0 Å². The van der Waals surface area contributed by atoms with Crippen LogP contribution in [0.25, 0.3) is 10.8 Å². The van der Waals surface area contributed by atoms with Crippen molar-refractivity contribution in [3.05, 3.63) is 52.0 Å². The molecule has 0 N–H and O–H groups in total. The van der Waals surface area contributed by atoms with Crippen molar-refractivity contribution in [2.24, 2.45) is 5.92 Å². The molecule has 1 atom stereocenters. The van der Waals surface area contributed by atoms with E-state index in [1.807, 2.05) is 17.9 Å². The Labute approximate surface area is 183 Å². The Balaban J connectivity index is 1.31. The molecule has 1 aliphatic heterocycles. The van der Waals surface area contributed by atoms with Gasteiger partial charge in [-0.25, -0.2) is 0 Å². The van der Waals surface area contributed by atoms with Gasteiger partial charge in [0, 0.05) is 24.6 Å². The van der Waals surface area contributed by atoms with Crippen LogP contribution in [0.3, 0.4) is 0 Å². The largest absolute Gasteiger partial charge is 0.341 e. The number of rotatable bonds is 5. The highest BCUT2D eigenvalue weighted by atomic mass is 32.2. The molecule has 2 aliphatic rings. The average Bonchev–Trinajstić information content (AvgIpc) is 3.39. The summed E-state index contributed by atoms with van der Waals surface area (Å²) in [6.07, 6.45) is 3.82. The Hall–Kier alpha value is -2.25. The number of nitrogens with zero attached hydrogens (tertiary/aromatic N) is 3. The molecule has 1 aromatic heterocycles. The monoisotopic (exact) mass is 437 g/mol. The standard InChI is InChI=1S/C23H23N3O2S2/c1-14-24-25-23(30-14)29-13-20(27)26-11-3-5-17(12-26)22(28)19-10-9-16-8-7-15-4-2-6-18(19)21(15)16/h2,4,6,9-10,17H,3,5,7-8,11-13H2,1H3. The zero-order valence-corrected chi connectivity index (χ0v) is 18.5. The number of ketones is 1. The van der Waals surface area contributed by atoms with Gasteiger partial charge in [0.2, 0.25) is 5.91 Å². The Morgan fingerprint density at radius 3 is 2.80 bits per heavy atom. The molecule has 7 heteroatoms. The molecule has 1 amide bonds. The number of aromatic nitrogens is 2. The number of piperidine rings is 1. The molecule has 2 heterocycles. The number of thioether (sulfide) groups is 1. The number of hydrogen-bond acceptors (Lipinski definition) is 6. The van der Waals surface area contributed by atoms with Crippen molar-refractivity contribution in [3.63, 3.8) is 0 Å². The van der Waals surface area contributed by atoms with E-state index in [-0.39, 0.29) is 17.6 Å². The summed E-state index contributed by atoms with van der Waals surface area (Å²) in [5.41, 5.74) is 3.51. The van der Waals surface area contributed by atoms with Gasteiger partial charge in [-0.05, 0) is 54.5 Å². The molecule has 1 aliphatic carbocycles. The van der Waals surface area contributed by atoms with Crippen molar-refractivity contribution in [1.82, 2.24) is 15.1 Å². The van der Waals surface area contributed by atoms with Crippen LogP contribution in [0.1, 0.15) is 39.3 Å². The number of carbonyl (C=O) groups is 2. The molecule has 2 aromatic carbocycles. The summed E-state index contributed by atoms with van der Waals surface area (Å²) >= 11 is 2.93. The molecule has 1 unspecified atom stereocenters. The summed E-state index contributed by atoms with van der Waals surface area (Å²) in [4.78, 5) is 28.0. The highest BCUT2D eigenvalue weighted by Gasteiger charge is 2.30. The average molecular weight is 438 g/mol. The Kier molecular flexibility index (Phi) is 5.33. The third-order valence-corrected chi connectivity index (χ3v) is 8.07. The summed E-state index contributed by atoms with van der Waals surface area (Å²) in [7, 11) is 0. The van der Waals surface area contributed by atoms with Crippen molar-refractivity contribution in [2.45, 2.75) is 36.9 Å². The lowest BCUT2D eigenvalue weighted by molar-refractivity contribution is -0.129. The fourth-order valence-electron chi connectivity index (χ4n) is 4.65. The second-order valence-corrected chi connectivity index (χ2v) is 10.4. The van der Waals surface area contributed by atoms with E-state index in [9.17, 15) is 9.59 Å². The molecule has 0 bridgehead atoms. The summed E-state index contributed by atoms with van der Waals surface area (Å²) < 4.78 is 0.818. The number of hydrogen-bond donors (Lipinski definition) is 0. The van der Waals surface area contributed by atoms with Gasteiger partial charge in [-0.3, -0.25) is 9.59 Å². The molecule has 1 saturated heterocycles. The SMILES string of the molecule is Cc1nnc(SCC(=O)N2CCCC(C(=O)c3ccc4c5c(cccc35)CC4)C2)s1. The molecule has 0 saturated carbocycles. The molecule has 0 radical (unpaired) electrons. The van der Waals surface area contributed by atoms with Crippen molar-refractivity contribution >= 4 is 45.6 Å². The third-order valence-electron chi connectivity index (χ3n) is 6.11. The minimum atomic E-state index is -0.130. The Morgan fingerprint density at radius 1 is 1.17 bits per heavy atom. The number of likely N-dealkylation sites (tertiary alicyclic amines) is 1. The maximum Gasteiger partial charge on any atom is 0.233 e. The van der Waals surface area contributed by atoms with Crippen LogP contribution in [0.4, 0.5) is 0 Å². The van der Waals surface area contributed by atoms with Gasteiger partial charge in [-0.15, -0.1) is 10.2 Å². The van der Waals surface area contributed by atoms with E-state index >= 15 is 0 Å². The van der Waals surface area contributed by atoms with Gasteiger partial charge in [-0.1, -0.05) is 53.4 Å². The maximum atomic E-state index is 13.4. The van der Waals surface area contributed by atoms with Gasteiger partial charge in [0.1, 0.15) is 5.01 Å². The lowest BCUT2D eigenvalue weighted by atomic mass is 9.87. The van der Waals surface area contributed by atoms with E-state index in [1.165, 1.54) is 39.6 Å². The zero-order chi connectivity index (χ0) is 20.7. The molecule has 154 valence electrons. The van der Waals surface area contributed by atoms with Crippen molar-refractivity contribution < 1.29 is 9.59 Å². The van der Waals surface area contributed by atoms with Crippen molar-refractivity contribution in [3.8, 4) is 0 Å². The lowest BCUT2D eigenvalue weighted by Gasteiger charge is -2.32. The second-order valence-electron chi connectivity index (χ2n) is 8.03. The van der Waals surface area contributed by atoms with E-state index in [2.05, 4.69) is 34.5 Å². The van der Waals surface area contributed by atoms with Gasteiger partial charge in [-0.2, -0.15) is 0 Å². The first kappa shape index (κ1) is 19.7. The normalized spacial score (nSPS) is 18.2. The first-order valence-electron chi connectivity index (χ1n) is 10.4.